The topological polar surface area (TPSA) is 32.3 Å². The van der Waals surface area contributed by atoms with Gasteiger partial charge in [-0.25, -0.2) is 0 Å². The van der Waals surface area contributed by atoms with Gasteiger partial charge >= 0.3 is 0 Å². The summed E-state index contributed by atoms with van der Waals surface area (Å²) in [6.45, 7) is 1.79. The Balaban J connectivity index is 1.73. The summed E-state index contributed by atoms with van der Waals surface area (Å²) in [4.78, 5) is 14.1. The molecule has 0 saturated heterocycles. The van der Waals surface area contributed by atoms with Crippen LogP contribution in [0.5, 0.6) is 0 Å². The van der Waals surface area contributed by atoms with E-state index in [1.807, 2.05) is 26.2 Å². The minimum Gasteiger partial charge on any atom is -0.356 e. The molecule has 0 unspecified atom stereocenters. The molecule has 1 fully saturated rings. The number of nitrogens with zero attached hydrogens (tertiary/aromatic N) is 1. The Morgan fingerprint density at radius 1 is 1.37 bits per heavy atom. The fourth-order valence-electron chi connectivity index (χ4n) is 2.30. The van der Waals surface area contributed by atoms with Crippen molar-refractivity contribution in [2.45, 2.75) is 18.8 Å². The first-order valence-electron chi connectivity index (χ1n) is 6.76. The number of nitrogens with one attached hydrogen (secondary N) is 1. The molecule has 0 spiro atoms. The van der Waals surface area contributed by atoms with Gasteiger partial charge in [-0.05, 0) is 57.1 Å². The number of carbonyl (C=O) groups is 1. The van der Waals surface area contributed by atoms with Gasteiger partial charge in [-0.1, -0.05) is 28.1 Å². The summed E-state index contributed by atoms with van der Waals surface area (Å²) in [5, 5.41) is 3.04. The zero-order valence-electron chi connectivity index (χ0n) is 11.5. The molecule has 0 aliphatic heterocycles. The van der Waals surface area contributed by atoms with Crippen molar-refractivity contribution < 1.29 is 4.79 Å². The van der Waals surface area contributed by atoms with Gasteiger partial charge in [0.05, 0.1) is 0 Å². The zero-order valence-corrected chi connectivity index (χ0v) is 13.1. The van der Waals surface area contributed by atoms with E-state index >= 15 is 0 Å². The van der Waals surface area contributed by atoms with E-state index in [1.54, 1.807) is 0 Å². The highest BCUT2D eigenvalue weighted by molar-refractivity contribution is 9.10. The van der Waals surface area contributed by atoms with Crippen LogP contribution in [-0.2, 0) is 4.79 Å². The number of rotatable bonds is 6. The van der Waals surface area contributed by atoms with Gasteiger partial charge in [0.15, 0.2) is 0 Å². The molecule has 1 amide bonds. The fourth-order valence-corrected chi connectivity index (χ4v) is 2.57. The average Bonchev–Trinajstić information content (AvgIpc) is 3.15. The average molecular weight is 325 g/mol. The minimum atomic E-state index is 0.181. The third-order valence-electron chi connectivity index (χ3n) is 3.51. The summed E-state index contributed by atoms with van der Waals surface area (Å²) < 4.78 is 1.08. The molecule has 0 bridgehead atoms. The van der Waals surface area contributed by atoms with Crippen molar-refractivity contribution >= 4 is 21.8 Å². The largest absolute Gasteiger partial charge is 0.356 e. The Kier molecular flexibility index (Phi) is 4.99. The Labute approximate surface area is 123 Å². The van der Waals surface area contributed by atoms with Crippen LogP contribution in [0.15, 0.2) is 28.7 Å². The maximum absolute atomic E-state index is 12.0. The molecule has 1 aliphatic rings. The van der Waals surface area contributed by atoms with E-state index in [9.17, 15) is 4.79 Å². The van der Waals surface area contributed by atoms with Crippen LogP contribution < -0.4 is 5.32 Å². The molecule has 1 aromatic carbocycles. The Morgan fingerprint density at radius 3 is 2.68 bits per heavy atom. The van der Waals surface area contributed by atoms with E-state index in [4.69, 9.17) is 0 Å². The normalized spacial score (nSPS) is 21.5. The van der Waals surface area contributed by atoms with Crippen molar-refractivity contribution in [1.29, 1.82) is 0 Å². The lowest BCUT2D eigenvalue weighted by atomic mass is 10.1. The summed E-state index contributed by atoms with van der Waals surface area (Å²) in [6, 6.07) is 8.29. The molecular weight excluding hydrogens is 304 g/mol. The quantitative estimate of drug-likeness (QED) is 0.816. The molecule has 4 heteroatoms. The molecule has 0 aromatic heterocycles. The second kappa shape index (κ2) is 6.53. The first-order chi connectivity index (χ1) is 9.08. The van der Waals surface area contributed by atoms with Crippen molar-refractivity contribution in [3.8, 4) is 0 Å². The number of hydrogen-bond acceptors (Lipinski definition) is 2. The van der Waals surface area contributed by atoms with Crippen LogP contribution in [0.1, 0.15) is 24.3 Å². The predicted molar refractivity (Wildman–Crippen MR) is 81.2 cm³/mol. The maximum atomic E-state index is 12.0. The monoisotopic (exact) mass is 324 g/mol. The molecule has 3 nitrogen and oxygen atoms in total. The summed E-state index contributed by atoms with van der Waals surface area (Å²) in [5.41, 5.74) is 1.27. The van der Waals surface area contributed by atoms with Crippen molar-refractivity contribution in [3.05, 3.63) is 34.3 Å². The molecule has 19 heavy (non-hydrogen) atoms. The molecule has 1 aromatic rings. The lowest BCUT2D eigenvalue weighted by Gasteiger charge is -2.09. The number of halogens is 1. The number of amides is 1. The summed E-state index contributed by atoms with van der Waals surface area (Å²) in [7, 11) is 4.10. The highest BCUT2D eigenvalue weighted by Gasteiger charge is 2.43. The Hall–Kier alpha value is -0.870. The maximum Gasteiger partial charge on any atom is 0.223 e. The van der Waals surface area contributed by atoms with E-state index in [0.717, 1.165) is 30.4 Å². The van der Waals surface area contributed by atoms with Crippen LogP contribution in [0, 0.1) is 5.92 Å². The van der Waals surface area contributed by atoms with Crippen LogP contribution in [0.3, 0.4) is 0 Å². The third-order valence-corrected chi connectivity index (χ3v) is 4.04. The molecule has 2 atom stereocenters. The van der Waals surface area contributed by atoms with Gasteiger partial charge in [-0.3, -0.25) is 4.79 Å². The SMILES string of the molecule is CN(C)CCCNC(=O)[C@@H]1C[C@@H]1c1ccc(Br)cc1. The molecule has 104 valence electrons. The van der Waals surface area contributed by atoms with Crippen LogP contribution in [0.25, 0.3) is 0 Å². The zero-order chi connectivity index (χ0) is 13.8. The van der Waals surface area contributed by atoms with Crippen molar-refractivity contribution in [2.75, 3.05) is 27.2 Å². The molecule has 1 saturated carbocycles. The van der Waals surface area contributed by atoms with Crippen LogP contribution in [0.2, 0.25) is 0 Å². The van der Waals surface area contributed by atoms with Crippen LogP contribution >= 0.6 is 15.9 Å². The highest BCUT2D eigenvalue weighted by Crippen LogP contribution is 2.47. The van der Waals surface area contributed by atoms with Crippen LogP contribution in [0.4, 0.5) is 0 Å². The molecule has 0 radical (unpaired) electrons. The Morgan fingerprint density at radius 2 is 2.05 bits per heavy atom. The van der Waals surface area contributed by atoms with E-state index in [0.29, 0.717) is 5.92 Å². The van der Waals surface area contributed by atoms with Crippen molar-refractivity contribution in [3.63, 3.8) is 0 Å². The molecule has 1 aliphatic carbocycles. The molecular formula is C15H21BrN2O. The van der Waals surface area contributed by atoms with Gasteiger partial charge in [0, 0.05) is 16.9 Å². The fraction of sp³-hybridized carbons (Fsp3) is 0.533. The first-order valence-corrected chi connectivity index (χ1v) is 7.55. The van der Waals surface area contributed by atoms with E-state index in [1.165, 1.54) is 5.56 Å². The standard InChI is InChI=1S/C15H21BrN2O/c1-18(2)9-3-8-17-15(19)14-10-13(14)11-4-6-12(16)7-5-11/h4-7,13-14H,3,8-10H2,1-2H3,(H,17,19)/t13-,14-/m1/s1. The van der Waals surface area contributed by atoms with E-state index in [2.05, 4.69) is 38.3 Å². The van der Waals surface area contributed by atoms with E-state index < -0.39 is 0 Å². The second-order valence-corrected chi connectivity index (χ2v) is 6.36. The van der Waals surface area contributed by atoms with Gasteiger partial charge in [0.1, 0.15) is 0 Å². The van der Waals surface area contributed by atoms with Crippen molar-refractivity contribution in [1.82, 2.24) is 10.2 Å². The third kappa shape index (κ3) is 4.32. The molecule has 0 heterocycles. The predicted octanol–water partition coefficient (Wildman–Crippen LogP) is 2.62. The van der Waals surface area contributed by atoms with Crippen molar-refractivity contribution in [2.24, 2.45) is 5.92 Å². The van der Waals surface area contributed by atoms with Crippen LogP contribution in [-0.4, -0.2) is 38.0 Å². The number of carbonyl (C=O) groups excluding carboxylic acids is 1. The minimum absolute atomic E-state index is 0.181. The second-order valence-electron chi connectivity index (χ2n) is 5.45. The molecule has 1 N–H and O–H groups in total. The summed E-state index contributed by atoms with van der Waals surface area (Å²) in [5.74, 6) is 0.814. The lowest BCUT2D eigenvalue weighted by Crippen LogP contribution is -2.28. The first kappa shape index (κ1) is 14.5. The molecule has 2 rings (SSSR count). The smallest absolute Gasteiger partial charge is 0.223 e. The van der Waals surface area contributed by atoms with Gasteiger partial charge in [0.25, 0.3) is 0 Å². The van der Waals surface area contributed by atoms with Gasteiger partial charge in [-0.15, -0.1) is 0 Å². The number of benzene rings is 1. The van der Waals surface area contributed by atoms with Gasteiger partial charge in [0.2, 0.25) is 5.91 Å². The van der Waals surface area contributed by atoms with Gasteiger partial charge < -0.3 is 10.2 Å². The van der Waals surface area contributed by atoms with Gasteiger partial charge in [-0.2, -0.15) is 0 Å². The summed E-state index contributed by atoms with van der Waals surface area (Å²) in [6.07, 6.45) is 2.00. The lowest BCUT2D eigenvalue weighted by molar-refractivity contribution is -0.122. The summed E-state index contributed by atoms with van der Waals surface area (Å²) >= 11 is 3.43. The number of hydrogen-bond donors (Lipinski definition) is 1. The Bertz CT molecular complexity index is 430. The highest BCUT2D eigenvalue weighted by atomic mass is 79.9. The van der Waals surface area contributed by atoms with E-state index in [-0.39, 0.29) is 11.8 Å².